The van der Waals surface area contributed by atoms with Crippen LogP contribution >= 0.6 is 11.3 Å². The minimum atomic E-state index is -0.991. The number of hydrogen-bond acceptors (Lipinski definition) is 14. The number of nitrogens with two attached hydrogens (primary N) is 1. The molecule has 1 aliphatic heterocycles. The van der Waals surface area contributed by atoms with Gasteiger partial charge in [-0.2, -0.15) is 0 Å². The summed E-state index contributed by atoms with van der Waals surface area (Å²) in [5.41, 5.74) is 6.54. The number of ether oxygens (including phenoxy) is 3. The Labute approximate surface area is 378 Å². The lowest BCUT2D eigenvalue weighted by molar-refractivity contribution is -0.162. The summed E-state index contributed by atoms with van der Waals surface area (Å²) in [5, 5.41) is 14.7. The third-order valence-corrected chi connectivity index (χ3v) is 12.8. The van der Waals surface area contributed by atoms with E-state index in [0.29, 0.717) is 17.8 Å². The summed E-state index contributed by atoms with van der Waals surface area (Å²) in [5.74, 6) is -3.87. The average Bonchev–Trinajstić information content (AvgIpc) is 3.72. The van der Waals surface area contributed by atoms with E-state index in [2.05, 4.69) is 15.2 Å². The second-order valence-electron chi connectivity index (χ2n) is 18.1. The molecule has 0 spiro atoms. The number of piperidine rings is 1. The van der Waals surface area contributed by atoms with E-state index in [1.54, 1.807) is 43.5 Å². The molecule has 1 aromatic carbocycles. The number of amides is 2. The molecule has 4 N–H and O–H groups in total. The van der Waals surface area contributed by atoms with Crippen LogP contribution in [-0.4, -0.2) is 106 Å². The molecule has 1 aromatic heterocycles. The number of ketones is 1. The van der Waals surface area contributed by atoms with Gasteiger partial charge in [-0.15, -0.1) is 11.3 Å². The number of carbonyl (C=O) groups is 6. The summed E-state index contributed by atoms with van der Waals surface area (Å²) in [4.78, 5) is 89.5. The van der Waals surface area contributed by atoms with Crippen LogP contribution in [-0.2, 0) is 44.6 Å². The number of hydrogen-bond donors (Lipinski definition) is 3. The quantitative estimate of drug-likeness (QED) is 0.0546. The van der Waals surface area contributed by atoms with E-state index in [1.807, 2.05) is 48.6 Å². The van der Waals surface area contributed by atoms with Gasteiger partial charge in [0.25, 0.3) is 5.91 Å². The molecule has 2 heterocycles. The number of benzene rings is 1. The van der Waals surface area contributed by atoms with Crippen molar-refractivity contribution in [2.45, 2.75) is 150 Å². The Hall–Kier alpha value is -4.41. The van der Waals surface area contributed by atoms with E-state index in [1.165, 1.54) is 11.8 Å². The molecular weight excluding hydrogens is 827 g/mol. The fourth-order valence-electron chi connectivity index (χ4n) is 7.89. The predicted molar refractivity (Wildman–Crippen MR) is 241 cm³/mol. The number of nitrogens with zero attached hydrogens (tertiary/aromatic N) is 3. The van der Waals surface area contributed by atoms with Crippen molar-refractivity contribution in [2.75, 3.05) is 26.9 Å². The third-order valence-electron chi connectivity index (χ3n) is 11.8. The first kappa shape index (κ1) is 52.9. The van der Waals surface area contributed by atoms with Crippen molar-refractivity contribution in [1.82, 2.24) is 20.1 Å². The monoisotopic (exact) mass is 900 g/mol. The first-order valence-corrected chi connectivity index (χ1v) is 23.4. The highest BCUT2D eigenvalue weighted by Crippen LogP contribution is 2.34. The van der Waals surface area contributed by atoms with Gasteiger partial charge in [-0.05, 0) is 81.6 Å². The molecule has 0 bridgehead atoms. The van der Waals surface area contributed by atoms with Crippen LogP contribution in [0.5, 0.6) is 5.75 Å². The zero-order valence-electron chi connectivity index (χ0n) is 39.1. The molecule has 16 heteroatoms. The van der Waals surface area contributed by atoms with E-state index >= 15 is 0 Å². The van der Waals surface area contributed by atoms with E-state index in [-0.39, 0.29) is 85.9 Å². The highest BCUT2D eigenvalue weighted by molar-refractivity contribution is 7.09. The standard InChI is InChI=1S/C47H73N5O10S/c1-11-30(6)37(23-41(55)39-14-12-13-19-51(39)10)46(58)52(27-60-43(56)20-28(2)3)40(29(4)5)24-42(62-33(9)53)45-50-38(26-63-45)44(57)49-35(22-34-15-17-36(54)18-16-34)21-31(7)47(59)61-32(8)25-48/h15-18,26,28-32,35,37,39-40,42,54H,11-14,19-25,27,48H2,1-10H3,(H,49,57)/t30-,31-,32?,35+,37-,39+,40+,42+/m0/s1. The van der Waals surface area contributed by atoms with Crippen LogP contribution in [0.2, 0.25) is 0 Å². The zero-order valence-corrected chi connectivity index (χ0v) is 39.9. The lowest BCUT2D eigenvalue weighted by atomic mass is 9.82. The third kappa shape index (κ3) is 16.9. The van der Waals surface area contributed by atoms with E-state index in [4.69, 9.17) is 19.9 Å². The molecule has 1 aliphatic rings. The van der Waals surface area contributed by atoms with Crippen LogP contribution in [0.25, 0.3) is 0 Å². The second-order valence-corrected chi connectivity index (χ2v) is 19.0. The fraction of sp³-hybridized carbons (Fsp3) is 0.681. The highest BCUT2D eigenvalue weighted by Gasteiger charge is 2.40. The lowest BCUT2D eigenvalue weighted by Crippen LogP contribution is -2.50. The van der Waals surface area contributed by atoms with Gasteiger partial charge >= 0.3 is 17.9 Å². The Bertz CT molecular complexity index is 1800. The van der Waals surface area contributed by atoms with Crippen molar-refractivity contribution in [3.63, 3.8) is 0 Å². The van der Waals surface area contributed by atoms with Crippen LogP contribution in [0.3, 0.4) is 0 Å². The van der Waals surface area contributed by atoms with Gasteiger partial charge in [0.1, 0.15) is 22.6 Å². The molecule has 15 nitrogen and oxygen atoms in total. The molecule has 3 rings (SSSR count). The molecule has 352 valence electrons. The van der Waals surface area contributed by atoms with E-state index in [0.717, 1.165) is 42.7 Å². The Kier molecular flexibility index (Phi) is 21.7. The van der Waals surface area contributed by atoms with Gasteiger partial charge in [0.15, 0.2) is 18.6 Å². The molecule has 0 saturated carbocycles. The number of likely N-dealkylation sites (N-methyl/N-ethyl adjacent to an activating group) is 1. The van der Waals surface area contributed by atoms with E-state index < -0.39 is 59.9 Å². The smallest absolute Gasteiger partial charge is 0.309 e. The number of aromatic hydroxyl groups is 1. The van der Waals surface area contributed by atoms with Gasteiger partial charge in [-0.3, -0.25) is 33.7 Å². The number of Topliss-reactive ketones (excluding diaryl/α,β-unsaturated/α-hetero) is 1. The van der Waals surface area contributed by atoms with Gasteiger partial charge in [0.05, 0.1) is 12.0 Å². The minimum Gasteiger partial charge on any atom is -0.508 e. The number of nitrogens with one attached hydrogen (secondary N) is 1. The number of rotatable bonds is 25. The van der Waals surface area contributed by atoms with Crippen LogP contribution in [0.1, 0.15) is 141 Å². The highest BCUT2D eigenvalue weighted by atomic mass is 32.1. The minimum absolute atomic E-state index is 0.0148. The SMILES string of the molecule is CC[C@H](C)[C@H](CC(=O)[C@H]1CCCCN1C)C(=O)N(COC(=O)CC(C)C)[C@H](C[C@@H](OC(C)=O)c1nc(C(=O)N[C@@H](Cc2ccc(O)cc2)C[C@H](C)C(=O)OC(C)CN)cs1)C(C)C. The number of phenols is 1. The first-order chi connectivity index (χ1) is 29.7. The molecule has 0 aliphatic carbocycles. The Morgan fingerprint density at radius 1 is 0.984 bits per heavy atom. The van der Waals surface area contributed by atoms with Crippen molar-refractivity contribution in [3.05, 3.63) is 45.9 Å². The van der Waals surface area contributed by atoms with Gasteiger partial charge in [0, 0.05) is 56.1 Å². The van der Waals surface area contributed by atoms with Gasteiger partial charge < -0.3 is 35.3 Å². The molecule has 8 atom stereocenters. The number of likely N-dealkylation sites (tertiary alicyclic amines) is 1. The van der Waals surface area contributed by atoms with Crippen LogP contribution in [0.4, 0.5) is 0 Å². The first-order valence-electron chi connectivity index (χ1n) is 22.5. The Morgan fingerprint density at radius 3 is 2.25 bits per heavy atom. The largest absolute Gasteiger partial charge is 0.508 e. The van der Waals surface area contributed by atoms with Crippen LogP contribution in [0.15, 0.2) is 29.6 Å². The number of aromatic nitrogens is 1. The van der Waals surface area contributed by atoms with Crippen molar-refractivity contribution in [3.8, 4) is 5.75 Å². The number of phenolic OH excluding ortho intramolecular Hbond substituents is 1. The summed E-state index contributed by atoms with van der Waals surface area (Å²) in [7, 11) is 1.94. The number of carbonyl (C=O) groups excluding carboxylic acids is 6. The van der Waals surface area contributed by atoms with Crippen molar-refractivity contribution in [1.29, 1.82) is 0 Å². The topological polar surface area (TPSA) is 208 Å². The number of esters is 3. The van der Waals surface area contributed by atoms with Crippen molar-refractivity contribution < 1.29 is 48.1 Å². The molecule has 63 heavy (non-hydrogen) atoms. The molecule has 2 amide bonds. The molecule has 1 fully saturated rings. The van der Waals surface area contributed by atoms with Gasteiger partial charge in [0.2, 0.25) is 5.91 Å². The van der Waals surface area contributed by atoms with Crippen LogP contribution < -0.4 is 11.1 Å². The number of thiazole rings is 1. The molecule has 2 aromatic rings. The average molecular weight is 900 g/mol. The van der Waals surface area contributed by atoms with Crippen molar-refractivity contribution in [2.24, 2.45) is 35.3 Å². The second kappa shape index (κ2) is 25.8. The molecule has 1 saturated heterocycles. The summed E-state index contributed by atoms with van der Waals surface area (Å²) in [6.07, 6.45) is 2.72. The maximum Gasteiger partial charge on any atom is 0.309 e. The van der Waals surface area contributed by atoms with Gasteiger partial charge in [-0.25, -0.2) is 4.98 Å². The Balaban J connectivity index is 1.96. The summed E-state index contributed by atoms with van der Waals surface area (Å²) >= 11 is 1.13. The van der Waals surface area contributed by atoms with E-state index in [9.17, 15) is 33.9 Å². The molecule has 1 unspecified atom stereocenters. The molecular formula is C47H73N5O10S. The van der Waals surface area contributed by atoms with Crippen molar-refractivity contribution >= 4 is 46.8 Å². The lowest BCUT2D eigenvalue weighted by Gasteiger charge is -2.39. The fourth-order valence-corrected chi connectivity index (χ4v) is 8.73. The maximum atomic E-state index is 14.9. The van der Waals surface area contributed by atoms with Crippen LogP contribution in [0, 0.1) is 29.6 Å². The predicted octanol–water partition coefficient (Wildman–Crippen LogP) is 6.61. The summed E-state index contributed by atoms with van der Waals surface area (Å²) in [6, 6.07) is 5.11. The summed E-state index contributed by atoms with van der Waals surface area (Å²) < 4.78 is 17.1. The normalized spacial score (nSPS) is 17.8. The Morgan fingerprint density at radius 2 is 1.67 bits per heavy atom. The summed E-state index contributed by atoms with van der Waals surface area (Å²) in [6.45, 7) is 16.9. The van der Waals surface area contributed by atoms with Gasteiger partial charge in [-0.1, -0.05) is 73.4 Å². The molecule has 0 radical (unpaired) electrons. The zero-order chi connectivity index (χ0) is 47.0. The maximum absolute atomic E-state index is 14.9.